The van der Waals surface area contributed by atoms with Crippen LogP contribution in [0.1, 0.15) is 39.7 Å². The van der Waals surface area contributed by atoms with Gasteiger partial charge in [-0.15, -0.1) is 0 Å². The fourth-order valence-electron chi connectivity index (χ4n) is 1.78. The molecule has 0 aliphatic rings. The van der Waals surface area contributed by atoms with E-state index in [9.17, 15) is 9.59 Å². The molecule has 0 saturated heterocycles. The molecule has 2 N–H and O–H groups in total. The second-order valence-corrected chi connectivity index (χ2v) is 6.36. The summed E-state index contributed by atoms with van der Waals surface area (Å²) < 4.78 is 10.1. The molecule has 0 radical (unpaired) electrons. The summed E-state index contributed by atoms with van der Waals surface area (Å²) in [4.78, 5) is 23.3. The van der Waals surface area contributed by atoms with Crippen LogP contribution >= 0.6 is 0 Å². The highest BCUT2D eigenvalue weighted by molar-refractivity contribution is 6.00. The van der Waals surface area contributed by atoms with Crippen LogP contribution in [0, 0.1) is 0 Å². The molecule has 0 fully saturated rings. The van der Waals surface area contributed by atoms with Gasteiger partial charge in [-0.3, -0.25) is 4.79 Å². The molecule has 0 aliphatic heterocycles. The first-order valence-corrected chi connectivity index (χ1v) is 7.59. The van der Waals surface area contributed by atoms with Crippen molar-refractivity contribution in [3.8, 4) is 5.75 Å². The number of nitrogens with one attached hydrogen (secondary N) is 2. The lowest BCUT2D eigenvalue weighted by molar-refractivity contribution is -0.121. The molecule has 132 valence electrons. The van der Waals surface area contributed by atoms with Gasteiger partial charge in [0, 0.05) is 11.3 Å². The smallest absolute Gasteiger partial charge is 0.428 e. The number of carbonyl (C=O) groups excluding carboxylic acids is 2. The van der Waals surface area contributed by atoms with Crippen LogP contribution in [-0.4, -0.2) is 30.4 Å². The number of hydrogen-bond acceptors (Lipinski definition) is 5. The number of methoxy groups -OCH3 is 1. The van der Waals surface area contributed by atoms with Crippen LogP contribution in [0.4, 0.5) is 4.79 Å². The Morgan fingerprint density at radius 2 is 1.79 bits per heavy atom. The second kappa shape index (κ2) is 8.90. The number of benzene rings is 1. The maximum Gasteiger partial charge on any atom is 0.428 e. The molecule has 7 heteroatoms. The highest BCUT2D eigenvalue weighted by Gasteiger charge is 2.14. The van der Waals surface area contributed by atoms with Crippen molar-refractivity contribution in [2.24, 2.45) is 5.10 Å². The van der Waals surface area contributed by atoms with E-state index in [0.29, 0.717) is 5.71 Å². The maximum absolute atomic E-state index is 11.7. The second-order valence-electron chi connectivity index (χ2n) is 6.36. The molecule has 0 atom stereocenters. The van der Waals surface area contributed by atoms with Crippen LogP contribution in [0.25, 0.3) is 0 Å². The number of ether oxygens (including phenoxy) is 2. The molecule has 1 aromatic rings. The molecule has 0 unspecified atom stereocenters. The standard InChI is InChI=1S/C17H25N3O4/c1-12(10-15(21)18-17(2,3)4)19-20-16(22)24-11-13-6-8-14(23-5)9-7-13/h6-9H,10-11H2,1-5H3,(H,18,21)(H,20,22)/b19-12+. The van der Waals surface area contributed by atoms with Gasteiger partial charge in [-0.2, -0.15) is 5.10 Å². The molecule has 0 bridgehead atoms. The van der Waals surface area contributed by atoms with Gasteiger partial charge in [0.15, 0.2) is 0 Å². The Labute approximate surface area is 142 Å². The Hall–Kier alpha value is -2.57. The maximum atomic E-state index is 11.7. The SMILES string of the molecule is COc1ccc(COC(=O)N/N=C(\C)CC(=O)NC(C)(C)C)cc1. The van der Waals surface area contributed by atoms with Gasteiger partial charge >= 0.3 is 6.09 Å². The molecule has 1 aromatic carbocycles. The molecular formula is C17H25N3O4. The van der Waals surface area contributed by atoms with Crippen molar-refractivity contribution in [1.29, 1.82) is 0 Å². The van der Waals surface area contributed by atoms with E-state index >= 15 is 0 Å². The van der Waals surface area contributed by atoms with Crippen LogP contribution in [0.2, 0.25) is 0 Å². The average molecular weight is 335 g/mol. The van der Waals surface area contributed by atoms with Gasteiger partial charge in [0.25, 0.3) is 0 Å². The van der Waals surface area contributed by atoms with E-state index in [1.54, 1.807) is 38.3 Å². The minimum Gasteiger partial charge on any atom is -0.497 e. The van der Waals surface area contributed by atoms with Crippen molar-refractivity contribution in [3.05, 3.63) is 29.8 Å². The quantitative estimate of drug-likeness (QED) is 0.618. The Morgan fingerprint density at radius 1 is 1.17 bits per heavy atom. The van der Waals surface area contributed by atoms with Crippen molar-refractivity contribution in [2.75, 3.05) is 7.11 Å². The highest BCUT2D eigenvalue weighted by atomic mass is 16.6. The summed E-state index contributed by atoms with van der Waals surface area (Å²) in [6, 6.07) is 7.17. The molecule has 2 amide bonds. The molecule has 0 aliphatic carbocycles. The lowest BCUT2D eigenvalue weighted by atomic mass is 10.1. The molecule has 0 aromatic heterocycles. The van der Waals surface area contributed by atoms with Crippen molar-refractivity contribution < 1.29 is 19.1 Å². The third-order valence-electron chi connectivity index (χ3n) is 2.80. The topological polar surface area (TPSA) is 89.0 Å². The van der Waals surface area contributed by atoms with E-state index in [2.05, 4.69) is 15.8 Å². The van der Waals surface area contributed by atoms with E-state index in [0.717, 1.165) is 11.3 Å². The Balaban J connectivity index is 2.37. The fraction of sp³-hybridized carbons (Fsp3) is 0.471. The molecule has 1 rings (SSSR count). The predicted octanol–water partition coefficient (Wildman–Crippen LogP) is 2.60. The lowest BCUT2D eigenvalue weighted by Crippen LogP contribution is -2.41. The number of rotatable bonds is 6. The van der Waals surface area contributed by atoms with Gasteiger partial charge in [0.1, 0.15) is 12.4 Å². The third-order valence-corrected chi connectivity index (χ3v) is 2.80. The fourth-order valence-corrected chi connectivity index (χ4v) is 1.78. The molecule has 7 nitrogen and oxygen atoms in total. The summed E-state index contributed by atoms with van der Waals surface area (Å²) in [5.74, 6) is 0.578. The van der Waals surface area contributed by atoms with E-state index in [1.807, 2.05) is 20.8 Å². The van der Waals surface area contributed by atoms with E-state index in [-0.39, 0.29) is 24.5 Å². The highest BCUT2D eigenvalue weighted by Crippen LogP contribution is 2.11. The summed E-state index contributed by atoms with van der Waals surface area (Å²) in [5.41, 5.74) is 3.28. The number of nitrogens with zero attached hydrogens (tertiary/aromatic N) is 1. The van der Waals surface area contributed by atoms with Gasteiger partial charge in [-0.05, 0) is 45.4 Å². The van der Waals surface area contributed by atoms with Crippen molar-refractivity contribution in [1.82, 2.24) is 10.7 Å². The summed E-state index contributed by atoms with van der Waals surface area (Å²) in [7, 11) is 1.58. The van der Waals surface area contributed by atoms with Crippen molar-refractivity contribution >= 4 is 17.7 Å². The van der Waals surface area contributed by atoms with Gasteiger partial charge < -0.3 is 14.8 Å². The molecule has 24 heavy (non-hydrogen) atoms. The zero-order valence-electron chi connectivity index (χ0n) is 14.8. The minimum atomic E-state index is -0.679. The monoisotopic (exact) mass is 335 g/mol. The first-order chi connectivity index (χ1) is 11.2. The zero-order valence-corrected chi connectivity index (χ0v) is 14.8. The van der Waals surface area contributed by atoms with E-state index < -0.39 is 6.09 Å². The Kier molecular flexibility index (Phi) is 7.23. The number of hydrazone groups is 1. The van der Waals surface area contributed by atoms with Gasteiger partial charge in [0.2, 0.25) is 5.91 Å². The third kappa shape index (κ3) is 8.17. The van der Waals surface area contributed by atoms with Crippen LogP contribution in [0.5, 0.6) is 5.75 Å². The number of hydrogen-bond donors (Lipinski definition) is 2. The number of amides is 2. The van der Waals surface area contributed by atoms with Crippen LogP contribution < -0.4 is 15.5 Å². The lowest BCUT2D eigenvalue weighted by Gasteiger charge is -2.20. The van der Waals surface area contributed by atoms with Gasteiger partial charge in [-0.1, -0.05) is 12.1 Å². The van der Waals surface area contributed by atoms with Crippen LogP contribution in [0.3, 0.4) is 0 Å². The Morgan fingerprint density at radius 3 is 2.33 bits per heavy atom. The van der Waals surface area contributed by atoms with Gasteiger partial charge in [-0.25, -0.2) is 10.2 Å². The molecular weight excluding hydrogens is 310 g/mol. The van der Waals surface area contributed by atoms with Crippen LogP contribution in [-0.2, 0) is 16.1 Å². The summed E-state index contributed by atoms with van der Waals surface area (Å²) in [5, 5.41) is 6.66. The first kappa shape index (κ1) is 19.5. The van der Waals surface area contributed by atoms with Crippen molar-refractivity contribution in [2.45, 2.75) is 46.3 Å². The Bertz CT molecular complexity index is 589. The van der Waals surface area contributed by atoms with Gasteiger partial charge in [0.05, 0.1) is 13.5 Å². The van der Waals surface area contributed by atoms with Crippen LogP contribution in [0.15, 0.2) is 29.4 Å². The van der Waals surface area contributed by atoms with Crippen molar-refractivity contribution in [3.63, 3.8) is 0 Å². The van der Waals surface area contributed by atoms with E-state index in [1.165, 1.54) is 0 Å². The zero-order chi connectivity index (χ0) is 18.2. The first-order valence-electron chi connectivity index (χ1n) is 7.59. The average Bonchev–Trinajstić information content (AvgIpc) is 2.49. The summed E-state index contributed by atoms with van der Waals surface area (Å²) in [6.07, 6.45) is -0.572. The predicted molar refractivity (Wildman–Crippen MR) is 91.9 cm³/mol. The normalized spacial score (nSPS) is 11.6. The largest absolute Gasteiger partial charge is 0.497 e. The summed E-state index contributed by atoms with van der Waals surface area (Å²) in [6.45, 7) is 7.46. The molecule has 0 spiro atoms. The minimum absolute atomic E-state index is 0.107. The molecule has 0 heterocycles. The number of carbonyl (C=O) groups is 2. The summed E-state index contributed by atoms with van der Waals surface area (Å²) >= 11 is 0. The molecule has 0 saturated carbocycles. The van der Waals surface area contributed by atoms with E-state index in [4.69, 9.17) is 9.47 Å².